The van der Waals surface area contributed by atoms with Crippen LogP contribution in [0.2, 0.25) is 0 Å². The number of hydrogen-bond donors (Lipinski definition) is 2. The van der Waals surface area contributed by atoms with Crippen molar-refractivity contribution in [3.8, 4) is 0 Å². The summed E-state index contributed by atoms with van der Waals surface area (Å²) in [5.41, 5.74) is 0.337. The van der Waals surface area contributed by atoms with Crippen LogP contribution in [0.15, 0.2) is 30.3 Å². The number of carbonyl (C=O) groups is 1. The van der Waals surface area contributed by atoms with Gasteiger partial charge in [0.25, 0.3) is 0 Å². The van der Waals surface area contributed by atoms with Crippen molar-refractivity contribution < 1.29 is 18.7 Å². The van der Waals surface area contributed by atoms with Crippen LogP contribution < -0.4 is 5.32 Å². The first-order chi connectivity index (χ1) is 11.3. The summed E-state index contributed by atoms with van der Waals surface area (Å²) >= 11 is 1.99. The molecular weight excluding hydrogens is 431 g/mol. The predicted octanol–water partition coefficient (Wildman–Crippen LogP) is 4.26. The SMILES string of the molecule is Cc1nc(Nc2ccc(I)cc2F)nc2c(F)cc(C(=O)O)cc12. The molecule has 0 bridgehead atoms. The third-order valence-corrected chi connectivity index (χ3v) is 4.04. The molecule has 24 heavy (non-hydrogen) atoms. The van der Waals surface area contributed by atoms with Gasteiger partial charge in [0.05, 0.1) is 16.9 Å². The number of hydrogen-bond acceptors (Lipinski definition) is 4. The van der Waals surface area contributed by atoms with Crippen LogP contribution in [0.5, 0.6) is 0 Å². The van der Waals surface area contributed by atoms with Crippen molar-refractivity contribution in [1.82, 2.24) is 9.97 Å². The minimum atomic E-state index is -1.24. The molecule has 3 rings (SSSR count). The lowest BCUT2D eigenvalue weighted by Crippen LogP contribution is -2.04. The average Bonchev–Trinajstić information content (AvgIpc) is 2.51. The zero-order valence-corrected chi connectivity index (χ0v) is 14.4. The van der Waals surface area contributed by atoms with Crippen molar-refractivity contribution in [2.24, 2.45) is 0 Å². The second kappa shape index (κ2) is 6.27. The molecule has 0 saturated heterocycles. The first kappa shape index (κ1) is 16.5. The van der Waals surface area contributed by atoms with E-state index in [1.165, 1.54) is 18.2 Å². The third-order valence-electron chi connectivity index (χ3n) is 3.37. The summed E-state index contributed by atoms with van der Waals surface area (Å²) in [6.07, 6.45) is 0. The number of aromatic nitrogens is 2. The Bertz CT molecular complexity index is 979. The number of benzene rings is 2. The largest absolute Gasteiger partial charge is 0.478 e. The number of nitrogens with one attached hydrogen (secondary N) is 1. The molecule has 0 atom stereocenters. The van der Waals surface area contributed by atoms with Gasteiger partial charge in [-0.25, -0.2) is 23.5 Å². The van der Waals surface area contributed by atoms with E-state index in [0.29, 0.717) is 11.1 Å². The number of nitrogens with zero attached hydrogens (tertiary/aromatic N) is 2. The Balaban J connectivity index is 2.09. The highest BCUT2D eigenvalue weighted by atomic mass is 127. The van der Waals surface area contributed by atoms with Gasteiger partial charge in [0, 0.05) is 8.96 Å². The molecule has 0 aliphatic rings. The first-order valence-corrected chi connectivity index (χ1v) is 7.86. The summed E-state index contributed by atoms with van der Waals surface area (Å²) in [6.45, 7) is 1.60. The summed E-state index contributed by atoms with van der Waals surface area (Å²) in [5, 5.41) is 12.0. The van der Waals surface area contributed by atoms with Crippen LogP contribution in [-0.4, -0.2) is 21.0 Å². The highest BCUT2D eigenvalue weighted by Crippen LogP contribution is 2.25. The number of carboxylic acid groups (broad SMARTS) is 1. The van der Waals surface area contributed by atoms with Gasteiger partial charge in [0.2, 0.25) is 5.95 Å². The van der Waals surface area contributed by atoms with Crippen molar-refractivity contribution in [2.45, 2.75) is 6.92 Å². The van der Waals surface area contributed by atoms with E-state index in [1.54, 1.807) is 13.0 Å². The molecule has 0 radical (unpaired) electrons. The molecule has 3 aromatic rings. The Labute approximate surface area is 148 Å². The monoisotopic (exact) mass is 441 g/mol. The van der Waals surface area contributed by atoms with Crippen molar-refractivity contribution in [1.29, 1.82) is 0 Å². The smallest absolute Gasteiger partial charge is 0.335 e. The minimum Gasteiger partial charge on any atom is -0.478 e. The van der Waals surface area contributed by atoms with Crippen molar-refractivity contribution in [3.05, 3.63) is 56.8 Å². The number of anilines is 2. The van der Waals surface area contributed by atoms with Crippen LogP contribution in [0.4, 0.5) is 20.4 Å². The molecular formula is C16H10F2IN3O2. The first-order valence-electron chi connectivity index (χ1n) is 6.78. The van der Waals surface area contributed by atoms with Gasteiger partial charge in [0.15, 0.2) is 0 Å². The third kappa shape index (κ3) is 3.14. The van der Waals surface area contributed by atoms with Gasteiger partial charge in [0.1, 0.15) is 17.2 Å². The van der Waals surface area contributed by atoms with E-state index in [2.05, 4.69) is 15.3 Å². The van der Waals surface area contributed by atoms with E-state index in [0.717, 1.165) is 9.64 Å². The normalized spacial score (nSPS) is 10.8. The van der Waals surface area contributed by atoms with E-state index in [9.17, 15) is 13.6 Å². The van der Waals surface area contributed by atoms with Crippen LogP contribution in [0, 0.1) is 22.1 Å². The molecule has 8 heteroatoms. The molecule has 1 heterocycles. The number of halogens is 3. The molecule has 5 nitrogen and oxygen atoms in total. The summed E-state index contributed by atoms with van der Waals surface area (Å²) in [5.74, 6) is -2.47. The van der Waals surface area contributed by atoms with Gasteiger partial charge in [-0.15, -0.1) is 0 Å². The van der Waals surface area contributed by atoms with E-state index in [-0.39, 0.29) is 22.7 Å². The highest BCUT2D eigenvalue weighted by molar-refractivity contribution is 14.1. The molecule has 2 aromatic carbocycles. The molecule has 2 N–H and O–H groups in total. The predicted molar refractivity (Wildman–Crippen MR) is 93.6 cm³/mol. The topological polar surface area (TPSA) is 75.1 Å². The molecule has 0 saturated carbocycles. The number of aromatic carboxylic acids is 1. The molecule has 0 aliphatic carbocycles. The standard InChI is InChI=1S/C16H10F2IN3O2/c1-7-10-4-8(15(23)24)5-12(18)14(10)22-16(20-7)21-13-3-2-9(19)6-11(13)17/h2-6H,1H3,(H,23,24)(H,20,21,22). The lowest BCUT2D eigenvalue weighted by molar-refractivity contribution is 0.0696. The van der Waals surface area contributed by atoms with Crippen molar-refractivity contribution >= 4 is 51.1 Å². The van der Waals surface area contributed by atoms with Gasteiger partial charge in [-0.05, 0) is 59.8 Å². The van der Waals surface area contributed by atoms with Gasteiger partial charge in [-0.1, -0.05) is 0 Å². The summed E-state index contributed by atoms with van der Waals surface area (Å²) in [6, 6.07) is 6.79. The van der Waals surface area contributed by atoms with Crippen LogP contribution in [0.3, 0.4) is 0 Å². The lowest BCUT2D eigenvalue weighted by atomic mass is 10.1. The fourth-order valence-electron chi connectivity index (χ4n) is 2.23. The number of rotatable bonds is 3. The van der Waals surface area contributed by atoms with Crippen LogP contribution in [0.1, 0.15) is 16.1 Å². The van der Waals surface area contributed by atoms with Gasteiger partial charge >= 0.3 is 5.97 Å². The summed E-state index contributed by atoms with van der Waals surface area (Å²) in [7, 11) is 0. The van der Waals surface area contributed by atoms with E-state index in [4.69, 9.17) is 5.11 Å². The molecule has 0 amide bonds. The lowest BCUT2D eigenvalue weighted by Gasteiger charge is -2.10. The van der Waals surface area contributed by atoms with Gasteiger partial charge in [-0.2, -0.15) is 0 Å². The number of carboxylic acids is 1. The van der Waals surface area contributed by atoms with Crippen LogP contribution >= 0.6 is 22.6 Å². The molecule has 0 fully saturated rings. The Kier molecular flexibility index (Phi) is 4.31. The number of aryl methyl sites for hydroxylation is 1. The fraction of sp³-hybridized carbons (Fsp3) is 0.0625. The summed E-state index contributed by atoms with van der Waals surface area (Å²) in [4.78, 5) is 19.2. The van der Waals surface area contributed by atoms with E-state index in [1.807, 2.05) is 22.6 Å². The second-order valence-corrected chi connectivity index (χ2v) is 6.29. The molecule has 0 aliphatic heterocycles. The summed E-state index contributed by atoms with van der Waals surface area (Å²) < 4.78 is 28.8. The molecule has 1 aromatic heterocycles. The number of fused-ring (bicyclic) bond motifs is 1. The quantitative estimate of drug-likeness (QED) is 0.595. The Hall–Kier alpha value is -2.36. The zero-order valence-electron chi connectivity index (χ0n) is 12.3. The Morgan fingerprint density at radius 2 is 1.92 bits per heavy atom. The second-order valence-electron chi connectivity index (χ2n) is 5.04. The maximum Gasteiger partial charge on any atom is 0.335 e. The molecule has 0 spiro atoms. The average molecular weight is 441 g/mol. The molecule has 122 valence electrons. The van der Waals surface area contributed by atoms with E-state index < -0.39 is 17.6 Å². The van der Waals surface area contributed by atoms with Gasteiger partial charge < -0.3 is 10.4 Å². The maximum absolute atomic E-state index is 14.2. The van der Waals surface area contributed by atoms with Gasteiger partial charge in [-0.3, -0.25) is 0 Å². The fourth-order valence-corrected chi connectivity index (χ4v) is 2.68. The zero-order chi connectivity index (χ0) is 17.4. The molecule has 0 unspecified atom stereocenters. The minimum absolute atomic E-state index is 0.0269. The highest BCUT2D eigenvalue weighted by Gasteiger charge is 2.14. The Morgan fingerprint density at radius 3 is 2.58 bits per heavy atom. The van der Waals surface area contributed by atoms with Crippen LogP contribution in [0.25, 0.3) is 10.9 Å². The van der Waals surface area contributed by atoms with Crippen molar-refractivity contribution in [3.63, 3.8) is 0 Å². The van der Waals surface area contributed by atoms with Crippen molar-refractivity contribution in [2.75, 3.05) is 5.32 Å². The van der Waals surface area contributed by atoms with E-state index >= 15 is 0 Å². The maximum atomic E-state index is 14.2. The Morgan fingerprint density at radius 1 is 1.17 bits per heavy atom. The van der Waals surface area contributed by atoms with Crippen LogP contribution in [-0.2, 0) is 0 Å².